The summed E-state index contributed by atoms with van der Waals surface area (Å²) in [5.74, 6) is -0.280. The molecule has 0 aliphatic rings. The summed E-state index contributed by atoms with van der Waals surface area (Å²) in [5, 5.41) is 13.5. The first-order chi connectivity index (χ1) is 10.0. The van der Waals surface area contributed by atoms with Crippen LogP contribution < -0.4 is 10.1 Å². The van der Waals surface area contributed by atoms with Crippen molar-refractivity contribution in [1.29, 1.82) is 0 Å². The molecule has 0 bridgehead atoms. The van der Waals surface area contributed by atoms with Crippen molar-refractivity contribution in [2.24, 2.45) is 0 Å². The highest BCUT2D eigenvalue weighted by Gasteiger charge is 2.15. The zero-order chi connectivity index (χ0) is 15.4. The van der Waals surface area contributed by atoms with Gasteiger partial charge in [0.05, 0.1) is 34.4 Å². The van der Waals surface area contributed by atoms with Gasteiger partial charge in [-0.1, -0.05) is 11.6 Å². The van der Waals surface area contributed by atoms with Crippen LogP contribution in [0.5, 0.6) is 5.75 Å². The molecule has 1 heterocycles. The number of anilines is 1. The van der Waals surface area contributed by atoms with E-state index in [2.05, 4.69) is 10.3 Å². The highest BCUT2D eigenvalue weighted by Crippen LogP contribution is 2.29. The third-order valence-corrected chi connectivity index (χ3v) is 2.96. The largest absolute Gasteiger partial charge is 0.494 e. The van der Waals surface area contributed by atoms with E-state index in [1.165, 1.54) is 43.8 Å². The number of benzene rings is 1. The molecule has 2 rings (SSSR count). The van der Waals surface area contributed by atoms with Gasteiger partial charge in [0.25, 0.3) is 11.6 Å². The highest BCUT2D eigenvalue weighted by atomic mass is 35.5. The maximum Gasteiger partial charge on any atom is 0.273 e. The van der Waals surface area contributed by atoms with Crippen molar-refractivity contribution in [3.05, 3.63) is 57.4 Å². The van der Waals surface area contributed by atoms with Crippen molar-refractivity contribution in [3.63, 3.8) is 0 Å². The van der Waals surface area contributed by atoms with E-state index in [0.717, 1.165) is 0 Å². The summed E-state index contributed by atoms with van der Waals surface area (Å²) in [7, 11) is 1.36. The van der Waals surface area contributed by atoms with Gasteiger partial charge in [-0.25, -0.2) is 0 Å². The smallest absolute Gasteiger partial charge is 0.273 e. The van der Waals surface area contributed by atoms with E-state index in [-0.39, 0.29) is 22.0 Å². The second kappa shape index (κ2) is 6.19. The molecule has 1 aromatic heterocycles. The standard InChI is InChI=1S/C13H10ClN3O4/c1-21-12-6-8(17(19)20)2-3-11(12)16-13(18)9-4-5-15-7-10(9)14/h2-7H,1H3,(H,16,18). The van der Waals surface area contributed by atoms with Gasteiger partial charge in [-0.3, -0.25) is 19.9 Å². The number of rotatable bonds is 4. The van der Waals surface area contributed by atoms with Gasteiger partial charge in [-0.15, -0.1) is 0 Å². The summed E-state index contributed by atoms with van der Waals surface area (Å²) >= 11 is 5.88. The number of carbonyl (C=O) groups is 1. The van der Waals surface area contributed by atoms with Crippen molar-refractivity contribution in [2.75, 3.05) is 12.4 Å². The molecule has 0 saturated heterocycles. The van der Waals surface area contributed by atoms with Crippen LogP contribution >= 0.6 is 11.6 Å². The molecular weight excluding hydrogens is 298 g/mol. The Balaban J connectivity index is 2.29. The molecule has 0 unspecified atom stereocenters. The molecule has 1 aromatic carbocycles. The third kappa shape index (κ3) is 3.26. The first kappa shape index (κ1) is 14.7. The van der Waals surface area contributed by atoms with Gasteiger partial charge in [0.1, 0.15) is 5.75 Å². The van der Waals surface area contributed by atoms with Crippen LogP contribution in [-0.2, 0) is 0 Å². The van der Waals surface area contributed by atoms with Gasteiger partial charge < -0.3 is 10.1 Å². The van der Waals surface area contributed by atoms with Crippen LogP contribution in [0.1, 0.15) is 10.4 Å². The molecule has 1 N–H and O–H groups in total. The highest BCUT2D eigenvalue weighted by molar-refractivity contribution is 6.34. The maximum absolute atomic E-state index is 12.1. The number of hydrogen-bond donors (Lipinski definition) is 1. The topological polar surface area (TPSA) is 94.4 Å². The first-order valence-corrected chi connectivity index (χ1v) is 6.14. The minimum Gasteiger partial charge on any atom is -0.494 e. The predicted molar refractivity (Wildman–Crippen MR) is 76.8 cm³/mol. The average Bonchev–Trinajstić information content (AvgIpc) is 2.47. The third-order valence-electron chi connectivity index (χ3n) is 2.66. The van der Waals surface area contributed by atoms with Crippen LogP contribution in [0, 0.1) is 10.1 Å². The summed E-state index contributed by atoms with van der Waals surface area (Å²) in [6.07, 6.45) is 2.79. The monoisotopic (exact) mass is 307 g/mol. The molecule has 8 heteroatoms. The van der Waals surface area contributed by atoms with Crippen LogP contribution in [0.25, 0.3) is 0 Å². The van der Waals surface area contributed by atoms with Gasteiger partial charge in [0.15, 0.2) is 0 Å². The predicted octanol–water partition coefficient (Wildman–Crippen LogP) is 2.90. The Hall–Kier alpha value is -2.67. The number of aromatic nitrogens is 1. The first-order valence-electron chi connectivity index (χ1n) is 5.76. The van der Waals surface area contributed by atoms with Crippen LogP contribution in [-0.4, -0.2) is 22.9 Å². The molecule has 0 atom stereocenters. The molecule has 2 aromatic rings. The summed E-state index contributed by atoms with van der Waals surface area (Å²) in [4.78, 5) is 26.1. The lowest BCUT2D eigenvalue weighted by Gasteiger charge is -2.10. The van der Waals surface area contributed by atoms with E-state index < -0.39 is 10.8 Å². The van der Waals surface area contributed by atoms with E-state index in [9.17, 15) is 14.9 Å². The summed E-state index contributed by atoms with van der Waals surface area (Å²) in [5.41, 5.74) is 0.417. The van der Waals surface area contributed by atoms with Crippen LogP contribution in [0.15, 0.2) is 36.7 Å². The number of non-ortho nitro benzene ring substituents is 1. The molecule has 1 amide bonds. The van der Waals surface area contributed by atoms with Gasteiger partial charge in [-0.2, -0.15) is 0 Å². The zero-order valence-corrected chi connectivity index (χ0v) is 11.6. The van der Waals surface area contributed by atoms with Crippen molar-refractivity contribution < 1.29 is 14.5 Å². The summed E-state index contributed by atoms with van der Waals surface area (Å²) in [6.45, 7) is 0. The van der Waals surface area contributed by atoms with Gasteiger partial charge in [0, 0.05) is 18.5 Å². The second-order valence-corrected chi connectivity index (χ2v) is 4.36. The number of pyridine rings is 1. The zero-order valence-electron chi connectivity index (χ0n) is 10.9. The van der Waals surface area contributed by atoms with E-state index in [1.807, 2.05) is 0 Å². The molecule has 7 nitrogen and oxygen atoms in total. The van der Waals surface area contributed by atoms with Crippen LogP contribution in [0.2, 0.25) is 5.02 Å². The number of ether oxygens (including phenoxy) is 1. The lowest BCUT2D eigenvalue weighted by atomic mass is 10.2. The molecule has 0 radical (unpaired) electrons. The molecule has 0 saturated carbocycles. The Labute approximate surface area is 124 Å². The number of methoxy groups -OCH3 is 1. The number of hydrogen-bond acceptors (Lipinski definition) is 5. The normalized spacial score (nSPS) is 10.0. The lowest BCUT2D eigenvalue weighted by molar-refractivity contribution is -0.384. The maximum atomic E-state index is 12.1. The minimum atomic E-state index is -0.548. The number of nitrogens with zero attached hydrogens (tertiary/aromatic N) is 2. The quantitative estimate of drug-likeness (QED) is 0.692. The van der Waals surface area contributed by atoms with Crippen molar-refractivity contribution >= 4 is 28.9 Å². The summed E-state index contributed by atoms with van der Waals surface area (Å²) in [6, 6.07) is 5.36. The Bertz CT molecular complexity index is 706. The molecule has 0 fully saturated rings. The second-order valence-electron chi connectivity index (χ2n) is 3.95. The number of halogens is 1. The number of amides is 1. The fourth-order valence-electron chi connectivity index (χ4n) is 1.65. The van der Waals surface area contributed by atoms with E-state index >= 15 is 0 Å². The van der Waals surface area contributed by atoms with Crippen LogP contribution in [0.4, 0.5) is 11.4 Å². The number of carbonyl (C=O) groups excluding carboxylic acids is 1. The molecule has 108 valence electrons. The Morgan fingerprint density at radius 3 is 2.81 bits per heavy atom. The number of nitrogens with one attached hydrogen (secondary N) is 1. The molecule has 0 aliphatic heterocycles. The fraction of sp³-hybridized carbons (Fsp3) is 0.0769. The Morgan fingerprint density at radius 2 is 2.19 bits per heavy atom. The summed E-state index contributed by atoms with van der Waals surface area (Å²) < 4.78 is 5.04. The Kier molecular flexibility index (Phi) is 4.34. The number of nitro groups is 1. The average molecular weight is 308 g/mol. The van der Waals surface area contributed by atoms with E-state index in [0.29, 0.717) is 5.69 Å². The molecule has 21 heavy (non-hydrogen) atoms. The van der Waals surface area contributed by atoms with Crippen molar-refractivity contribution in [1.82, 2.24) is 4.98 Å². The van der Waals surface area contributed by atoms with E-state index in [1.54, 1.807) is 0 Å². The Morgan fingerprint density at radius 1 is 1.43 bits per heavy atom. The fourth-order valence-corrected chi connectivity index (χ4v) is 1.85. The minimum absolute atomic E-state index is 0.133. The lowest BCUT2D eigenvalue weighted by Crippen LogP contribution is -2.13. The van der Waals surface area contributed by atoms with Gasteiger partial charge in [-0.05, 0) is 12.1 Å². The van der Waals surface area contributed by atoms with E-state index in [4.69, 9.17) is 16.3 Å². The SMILES string of the molecule is COc1cc([N+](=O)[O-])ccc1NC(=O)c1ccncc1Cl. The number of nitro benzene ring substituents is 1. The van der Waals surface area contributed by atoms with Crippen LogP contribution in [0.3, 0.4) is 0 Å². The van der Waals surface area contributed by atoms with Gasteiger partial charge >= 0.3 is 0 Å². The van der Waals surface area contributed by atoms with Crippen molar-refractivity contribution in [3.8, 4) is 5.75 Å². The van der Waals surface area contributed by atoms with Gasteiger partial charge in [0.2, 0.25) is 0 Å². The molecular formula is C13H10ClN3O4. The van der Waals surface area contributed by atoms with Crippen molar-refractivity contribution in [2.45, 2.75) is 0 Å². The molecule has 0 spiro atoms. The molecule has 0 aliphatic carbocycles.